The van der Waals surface area contributed by atoms with E-state index in [1.807, 2.05) is 12.2 Å². The van der Waals surface area contributed by atoms with E-state index >= 15 is 0 Å². The lowest BCUT2D eigenvalue weighted by atomic mass is 9.44. The maximum atomic E-state index is 11.4. The summed E-state index contributed by atoms with van der Waals surface area (Å²) in [5.41, 5.74) is -1.93. The molecule has 3 aliphatic rings. The molecule has 2 aliphatic carbocycles. The van der Waals surface area contributed by atoms with Crippen molar-refractivity contribution in [3.63, 3.8) is 0 Å². The highest BCUT2D eigenvalue weighted by Gasteiger charge is 2.67. The number of thiocarbonyl (C=S) groups is 2. The molecule has 2 saturated carbocycles. The van der Waals surface area contributed by atoms with Gasteiger partial charge in [0.1, 0.15) is 5.60 Å². The van der Waals surface area contributed by atoms with Gasteiger partial charge in [-0.1, -0.05) is 6.92 Å². The van der Waals surface area contributed by atoms with E-state index in [0.717, 1.165) is 38.5 Å². The van der Waals surface area contributed by atoms with Gasteiger partial charge < -0.3 is 15.2 Å². The van der Waals surface area contributed by atoms with Crippen molar-refractivity contribution in [3.8, 4) is 0 Å². The van der Waals surface area contributed by atoms with Gasteiger partial charge in [0.2, 0.25) is 0 Å². The van der Waals surface area contributed by atoms with Crippen LogP contribution in [0.25, 0.3) is 0 Å². The molecule has 0 aromatic carbocycles. The summed E-state index contributed by atoms with van der Waals surface area (Å²) in [5.74, 6) is 0.457. The zero-order valence-corrected chi connectivity index (χ0v) is 21.5. The van der Waals surface area contributed by atoms with Crippen molar-refractivity contribution in [3.05, 3.63) is 7.05 Å². The van der Waals surface area contributed by atoms with E-state index in [4.69, 9.17) is 34.2 Å². The Labute approximate surface area is 198 Å². The van der Waals surface area contributed by atoms with Crippen LogP contribution in [0.15, 0.2) is 9.98 Å². The quantitative estimate of drug-likeness (QED) is 0.366. The van der Waals surface area contributed by atoms with Gasteiger partial charge in [0.15, 0.2) is 0 Å². The average molecular weight is 466 g/mol. The molecular formula is C24H39N3O2S2. The first kappa shape index (κ1) is 25.1. The van der Waals surface area contributed by atoms with E-state index in [0.29, 0.717) is 0 Å². The van der Waals surface area contributed by atoms with E-state index < -0.39 is 11.1 Å². The lowest BCUT2D eigenvalue weighted by Crippen LogP contribution is -2.94. The van der Waals surface area contributed by atoms with Crippen LogP contribution in [-0.4, -0.2) is 49.9 Å². The molecule has 0 aromatic heterocycles. The van der Waals surface area contributed by atoms with Gasteiger partial charge in [-0.15, -0.1) is 0 Å². The normalized spacial score (nSPS) is 47.7. The van der Waals surface area contributed by atoms with Crippen LogP contribution >= 0.6 is 24.4 Å². The van der Waals surface area contributed by atoms with Crippen LogP contribution in [0.5, 0.6) is 0 Å². The molecule has 8 unspecified atom stereocenters. The lowest BCUT2D eigenvalue weighted by Gasteiger charge is -2.63. The molecule has 7 heteroatoms. The molecule has 1 heterocycles. The molecule has 0 aromatic rings. The minimum absolute atomic E-state index is 0.00204. The van der Waals surface area contributed by atoms with Crippen molar-refractivity contribution >= 4 is 34.8 Å². The van der Waals surface area contributed by atoms with E-state index in [-0.39, 0.29) is 40.5 Å². The minimum atomic E-state index is -0.793. The smallest absolute Gasteiger partial charge is 0.111 e. The molecule has 8 atom stereocenters. The van der Waals surface area contributed by atoms with Crippen LogP contribution in [-0.2, 0) is 4.74 Å². The molecule has 5 nitrogen and oxygen atoms in total. The van der Waals surface area contributed by atoms with E-state index in [2.05, 4.69) is 57.0 Å². The van der Waals surface area contributed by atoms with E-state index in [1.54, 1.807) is 0 Å². The summed E-state index contributed by atoms with van der Waals surface area (Å²) in [6.07, 6.45) is 5.42. The van der Waals surface area contributed by atoms with Crippen molar-refractivity contribution in [1.29, 1.82) is 0 Å². The highest BCUT2D eigenvalue weighted by Crippen LogP contribution is 2.63. The third-order valence-corrected chi connectivity index (χ3v) is 9.55. The van der Waals surface area contributed by atoms with Gasteiger partial charge in [-0.25, -0.2) is 9.98 Å². The molecule has 3 fully saturated rings. The van der Waals surface area contributed by atoms with Crippen molar-refractivity contribution in [1.82, 2.24) is 0 Å². The molecule has 1 saturated heterocycles. The molecular weight excluding hydrogens is 426 g/mol. The summed E-state index contributed by atoms with van der Waals surface area (Å²) in [5, 5.41) is 18.6. The van der Waals surface area contributed by atoms with Gasteiger partial charge in [0, 0.05) is 11.3 Å². The molecule has 3 rings (SSSR count). The first-order chi connectivity index (χ1) is 14.3. The second-order valence-electron chi connectivity index (χ2n) is 11.5. The number of aliphatic imine (C=N–C) groups is 2. The number of isothiocyanates is 2. The number of fused-ring (bicyclic) bond motifs is 1. The summed E-state index contributed by atoms with van der Waals surface area (Å²) in [6, 6.07) is -0.0392. The summed E-state index contributed by atoms with van der Waals surface area (Å²) in [7, 11) is 4.16. The molecule has 0 radical (unpaired) electrons. The van der Waals surface area contributed by atoms with Gasteiger partial charge in [0.05, 0.1) is 39.1 Å². The van der Waals surface area contributed by atoms with Crippen molar-refractivity contribution in [2.45, 2.75) is 114 Å². The predicted octanol–water partition coefficient (Wildman–Crippen LogP) is 3.97. The molecule has 1 aliphatic heterocycles. The van der Waals surface area contributed by atoms with Crippen LogP contribution in [0.2, 0.25) is 0 Å². The first-order valence-electron chi connectivity index (χ1n) is 11.5. The highest BCUT2D eigenvalue weighted by atomic mass is 32.1. The number of aliphatic hydroxyl groups is 1. The molecule has 0 spiro atoms. The number of rotatable bonds is 5. The Hall–Kier alpha value is -0.520. The third kappa shape index (κ3) is 4.01. The van der Waals surface area contributed by atoms with Gasteiger partial charge in [-0.2, -0.15) is 7.05 Å². The SMILES string of the molecule is [CH2-][NH2+]C1C2C(C3(C)CCC(C(C)(C)N=C=S)O3)CCC(C)(N=C=S)C2(C)CCC1(C)O. The fourth-order valence-corrected chi connectivity index (χ4v) is 7.48. The van der Waals surface area contributed by atoms with Crippen molar-refractivity contribution in [2.24, 2.45) is 27.2 Å². The highest BCUT2D eigenvalue weighted by molar-refractivity contribution is 7.78. The maximum absolute atomic E-state index is 11.4. The van der Waals surface area contributed by atoms with E-state index in [1.165, 1.54) is 0 Å². The molecule has 0 bridgehead atoms. The predicted molar refractivity (Wildman–Crippen MR) is 130 cm³/mol. The zero-order chi connectivity index (χ0) is 23.3. The summed E-state index contributed by atoms with van der Waals surface area (Å²) >= 11 is 9.93. The minimum Gasteiger partial charge on any atom is -0.474 e. The topological polar surface area (TPSA) is 70.8 Å². The standard InChI is InChI=1S/C24H39N3O2S2/c1-20(2,26-14-30)17-9-10-23(5,29-17)16-8-11-24(6,27-15-31)21(3)12-13-22(4,28)19(25-7)18(16)21/h16-19,28H,7-13,25H2,1-6H3. The first-order valence-corrected chi connectivity index (χ1v) is 12.3. The number of hydrogen-bond donors (Lipinski definition) is 2. The van der Waals surface area contributed by atoms with Crippen LogP contribution in [0, 0.1) is 24.3 Å². The lowest BCUT2D eigenvalue weighted by molar-refractivity contribution is -0.668. The number of nitrogens with zero attached hydrogens (tertiary/aromatic N) is 2. The van der Waals surface area contributed by atoms with Crippen LogP contribution in [0.1, 0.15) is 80.1 Å². The van der Waals surface area contributed by atoms with E-state index in [9.17, 15) is 5.11 Å². The third-order valence-electron chi connectivity index (χ3n) is 9.36. The average Bonchev–Trinajstić information content (AvgIpc) is 3.08. The zero-order valence-electron chi connectivity index (χ0n) is 19.9. The summed E-state index contributed by atoms with van der Waals surface area (Å²) < 4.78 is 6.83. The van der Waals surface area contributed by atoms with Crippen LogP contribution < -0.4 is 5.32 Å². The Morgan fingerprint density at radius 3 is 2.32 bits per heavy atom. The summed E-state index contributed by atoms with van der Waals surface area (Å²) in [6.45, 7) is 12.9. The number of nitrogens with two attached hydrogens (primary N) is 1. The van der Waals surface area contributed by atoms with Crippen molar-refractivity contribution in [2.75, 3.05) is 0 Å². The number of ether oxygens (including phenoxy) is 1. The largest absolute Gasteiger partial charge is 0.474 e. The van der Waals surface area contributed by atoms with Crippen molar-refractivity contribution < 1.29 is 15.2 Å². The second kappa shape index (κ2) is 8.36. The Bertz CT molecular complexity index is 805. The Morgan fingerprint density at radius 1 is 1.06 bits per heavy atom. The fraction of sp³-hybridized carbons (Fsp3) is 0.875. The Morgan fingerprint density at radius 2 is 1.74 bits per heavy atom. The van der Waals surface area contributed by atoms with Crippen LogP contribution in [0.4, 0.5) is 0 Å². The molecule has 174 valence electrons. The Balaban J connectivity index is 2.05. The fourth-order valence-electron chi connectivity index (χ4n) is 7.04. The molecule has 0 amide bonds. The second-order valence-corrected chi connectivity index (χ2v) is 11.9. The number of hydrogen-bond acceptors (Lipinski definition) is 6. The Kier molecular flexibility index (Phi) is 6.77. The van der Waals surface area contributed by atoms with Gasteiger partial charge in [-0.3, -0.25) is 0 Å². The van der Waals surface area contributed by atoms with Crippen LogP contribution in [0.3, 0.4) is 0 Å². The van der Waals surface area contributed by atoms with Gasteiger partial charge in [-0.05, 0) is 103 Å². The summed E-state index contributed by atoms with van der Waals surface area (Å²) in [4.78, 5) is 9.12. The monoisotopic (exact) mass is 465 g/mol. The maximum Gasteiger partial charge on any atom is 0.111 e. The van der Waals surface area contributed by atoms with Gasteiger partial charge >= 0.3 is 0 Å². The molecule has 31 heavy (non-hydrogen) atoms. The number of quaternary nitrogens is 1. The molecule has 3 N–H and O–H groups in total. The van der Waals surface area contributed by atoms with Gasteiger partial charge in [0.25, 0.3) is 0 Å².